The lowest BCUT2D eigenvalue weighted by atomic mass is 10.1. The van der Waals surface area contributed by atoms with E-state index in [-0.39, 0.29) is 41.7 Å². The number of nitrogens with zero attached hydrogens (tertiary/aromatic N) is 2. The van der Waals surface area contributed by atoms with E-state index in [1.54, 1.807) is 6.92 Å². The minimum Gasteiger partial charge on any atom is -0.504 e. The van der Waals surface area contributed by atoms with Gasteiger partial charge in [-0.25, -0.2) is 5.43 Å². The molecule has 0 aliphatic heterocycles. The van der Waals surface area contributed by atoms with Crippen molar-refractivity contribution in [2.24, 2.45) is 5.10 Å². The number of amides is 1. The van der Waals surface area contributed by atoms with Crippen molar-refractivity contribution < 1.29 is 19.6 Å². The maximum absolute atomic E-state index is 11.8. The number of nitrogens with one attached hydrogen (secondary N) is 1. The molecule has 2 rings (SSSR count). The number of carbonyl (C=O) groups excluding carboxylic acids is 1. The van der Waals surface area contributed by atoms with Gasteiger partial charge in [-0.1, -0.05) is 30.3 Å². The maximum atomic E-state index is 11.8. The molecule has 0 radical (unpaired) electrons. The van der Waals surface area contributed by atoms with Crippen LogP contribution in [-0.4, -0.2) is 28.8 Å². The molecule has 0 aliphatic rings. The number of carbonyl (C=O) groups is 1. The standard InChI is InChI=1S/C17H17N3O5/c1-2-25-15-10-14(20(23)24)9-13(17(15)22)11-18-19-16(21)8-12-6-4-3-5-7-12/h3-7,9-11,22H,2,8H2,1H3,(H,19,21)/b18-11-. The van der Waals surface area contributed by atoms with Crippen LogP contribution in [0, 0.1) is 10.1 Å². The summed E-state index contributed by atoms with van der Waals surface area (Å²) in [6, 6.07) is 11.4. The van der Waals surface area contributed by atoms with E-state index in [0.717, 1.165) is 23.9 Å². The van der Waals surface area contributed by atoms with Gasteiger partial charge in [0.25, 0.3) is 5.69 Å². The lowest BCUT2D eigenvalue weighted by molar-refractivity contribution is -0.385. The van der Waals surface area contributed by atoms with Crippen LogP contribution >= 0.6 is 0 Å². The first-order valence-corrected chi connectivity index (χ1v) is 7.51. The summed E-state index contributed by atoms with van der Waals surface area (Å²) in [5.74, 6) is -0.653. The Balaban J connectivity index is 2.11. The molecule has 0 bridgehead atoms. The Morgan fingerprint density at radius 1 is 1.36 bits per heavy atom. The van der Waals surface area contributed by atoms with E-state index in [0.29, 0.717) is 0 Å². The number of phenols is 1. The van der Waals surface area contributed by atoms with Gasteiger partial charge in [0.05, 0.1) is 30.2 Å². The lowest BCUT2D eigenvalue weighted by Gasteiger charge is -2.08. The van der Waals surface area contributed by atoms with Gasteiger partial charge in [0.1, 0.15) is 0 Å². The third-order valence-corrected chi connectivity index (χ3v) is 3.20. The molecule has 0 aliphatic carbocycles. The van der Waals surface area contributed by atoms with Crippen molar-refractivity contribution in [2.75, 3.05) is 6.61 Å². The number of aromatic hydroxyl groups is 1. The van der Waals surface area contributed by atoms with Gasteiger partial charge in [-0.3, -0.25) is 14.9 Å². The summed E-state index contributed by atoms with van der Waals surface area (Å²) in [6.45, 7) is 1.93. The van der Waals surface area contributed by atoms with Crippen LogP contribution in [0.4, 0.5) is 5.69 Å². The van der Waals surface area contributed by atoms with Gasteiger partial charge in [0, 0.05) is 11.6 Å². The van der Waals surface area contributed by atoms with Gasteiger partial charge < -0.3 is 9.84 Å². The van der Waals surface area contributed by atoms with E-state index in [4.69, 9.17) is 4.74 Å². The highest BCUT2D eigenvalue weighted by molar-refractivity contribution is 5.87. The molecule has 1 amide bonds. The number of hydrogen-bond donors (Lipinski definition) is 2. The number of nitro groups is 1. The SMILES string of the molecule is CCOc1cc([N+](=O)[O-])cc(/C=N\NC(=O)Cc2ccccc2)c1O. The second-order valence-corrected chi connectivity index (χ2v) is 5.03. The molecule has 2 aromatic carbocycles. The van der Waals surface area contributed by atoms with E-state index < -0.39 is 4.92 Å². The van der Waals surface area contributed by atoms with Crippen LogP contribution in [0.3, 0.4) is 0 Å². The predicted octanol–water partition coefficient (Wildman–Crippen LogP) is 2.39. The Kier molecular flexibility index (Phi) is 6.05. The van der Waals surface area contributed by atoms with Gasteiger partial charge in [-0.05, 0) is 12.5 Å². The molecule has 0 aromatic heterocycles. The van der Waals surface area contributed by atoms with Crippen molar-refractivity contribution >= 4 is 17.8 Å². The zero-order valence-corrected chi connectivity index (χ0v) is 13.5. The average Bonchev–Trinajstić information content (AvgIpc) is 2.58. The van der Waals surface area contributed by atoms with Crippen LogP contribution in [-0.2, 0) is 11.2 Å². The monoisotopic (exact) mass is 343 g/mol. The van der Waals surface area contributed by atoms with Crippen LogP contribution in [0.25, 0.3) is 0 Å². The second kappa shape index (κ2) is 8.44. The molecule has 25 heavy (non-hydrogen) atoms. The summed E-state index contributed by atoms with van der Waals surface area (Å²) in [5, 5.41) is 24.8. The number of phenolic OH excluding ortho intramolecular Hbond substituents is 1. The number of rotatable bonds is 7. The predicted molar refractivity (Wildman–Crippen MR) is 91.8 cm³/mol. The average molecular weight is 343 g/mol. The van der Waals surface area contributed by atoms with E-state index in [1.807, 2.05) is 30.3 Å². The quantitative estimate of drug-likeness (QED) is 0.455. The van der Waals surface area contributed by atoms with Gasteiger partial charge in [-0.15, -0.1) is 0 Å². The van der Waals surface area contributed by atoms with Crippen LogP contribution in [0.1, 0.15) is 18.1 Å². The Morgan fingerprint density at radius 3 is 2.72 bits per heavy atom. The topological polar surface area (TPSA) is 114 Å². The normalized spacial score (nSPS) is 10.6. The highest BCUT2D eigenvalue weighted by Gasteiger charge is 2.16. The van der Waals surface area contributed by atoms with E-state index in [9.17, 15) is 20.0 Å². The molecule has 0 spiro atoms. The molecular formula is C17H17N3O5. The maximum Gasteiger partial charge on any atom is 0.274 e. The first-order valence-electron chi connectivity index (χ1n) is 7.51. The van der Waals surface area contributed by atoms with Crippen LogP contribution in [0.5, 0.6) is 11.5 Å². The summed E-state index contributed by atoms with van der Waals surface area (Å²) in [5.41, 5.74) is 2.96. The Morgan fingerprint density at radius 2 is 2.08 bits per heavy atom. The Hall–Kier alpha value is -3.42. The molecule has 0 heterocycles. The molecule has 130 valence electrons. The highest BCUT2D eigenvalue weighted by atomic mass is 16.6. The van der Waals surface area contributed by atoms with Gasteiger partial charge in [0.15, 0.2) is 11.5 Å². The van der Waals surface area contributed by atoms with Crippen molar-refractivity contribution in [3.63, 3.8) is 0 Å². The molecule has 2 aromatic rings. The van der Waals surface area contributed by atoms with Gasteiger partial charge in [-0.2, -0.15) is 5.10 Å². The van der Waals surface area contributed by atoms with E-state index in [2.05, 4.69) is 10.5 Å². The molecular weight excluding hydrogens is 326 g/mol. The minimum atomic E-state index is -0.604. The molecule has 8 heteroatoms. The summed E-state index contributed by atoms with van der Waals surface area (Å²) < 4.78 is 5.17. The van der Waals surface area contributed by atoms with Crippen molar-refractivity contribution in [3.8, 4) is 11.5 Å². The fourth-order valence-electron chi connectivity index (χ4n) is 2.08. The molecule has 2 N–H and O–H groups in total. The molecule has 8 nitrogen and oxygen atoms in total. The summed E-state index contributed by atoms with van der Waals surface area (Å²) in [7, 11) is 0. The molecule has 0 unspecified atom stereocenters. The first kappa shape index (κ1) is 17.9. The van der Waals surface area contributed by atoms with Crippen molar-refractivity contribution in [1.82, 2.24) is 5.43 Å². The largest absolute Gasteiger partial charge is 0.504 e. The van der Waals surface area contributed by atoms with Crippen LogP contribution in [0.15, 0.2) is 47.6 Å². The van der Waals surface area contributed by atoms with Crippen LogP contribution < -0.4 is 10.2 Å². The number of benzene rings is 2. The molecule has 0 saturated carbocycles. The fraction of sp³-hybridized carbons (Fsp3) is 0.176. The number of hydrazone groups is 1. The third-order valence-electron chi connectivity index (χ3n) is 3.20. The smallest absolute Gasteiger partial charge is 0.274 e. The minimum absolute atomic E-state index is 0.0197. The fourth-order valence-corrected chi connectivity index (χ4v) is 2.08. The first-order chi connectivity index (χ1) is 12.0. The van der Waals surface area contributed by atoms with E-state index in [1.165, 1.54) is 0 Å². The number of non-ortho nitro benzene ring substituents is 1. The molecule has 0 fully saturated rings. The Labute approximate surface area is 143 Å². The summed E-state index contributed by atoms with van der Waals surface area (Å²) >= 11 is 0. The summed E-state index contributed by atoms with van der Waals surface area (Å²) in [6.07, 6.45) is 1.27. The number of nitro benzene ring substituents is 1. The van der Waals surface area contributed by atoms with Crippen LogP contribution in [0.2, 0.25) is 0 Å². The van der Waals surface area contributed by atoms with Crippen molar-refractivity contribution in [2.45, 2.75) is 13.3 Å². The second-order valence-electron chi connectivity index (χ2n) is 5.03. The molecule has 0 atom stereocenters. The summed E-state index contributed by atoms with van der Waals surface area (Å²) in [4.78, 5) is 22.2. The van der Waals surface area contributed by atoms with Crippen molar-refractivity contribution in [3.05, 3.63) is 63.7 Å². The highest BCUT2D eigenvalue weighted by Crippen LogP contribution is 2.33. The zero-order chi connectivity index (χ0) is 18.2. The number of hydrogen-bond acceptors (Lipinski definition) is 6. The number of ether oxygens (including phenoxy) is 1. The lowest BCUT2D eigenvalue weighted by Crippen LogP contribution is -2.19. The zero-order valence-electron chi connectivity index (χ0n) is 13.5. The third kappa shape index (κ3) is 5.03. The molecule has 0 saturated heterocycles. The van der Waals surface area contributed by atoms with E-state index >= 15 is 0 Å². The van der Waals surface area contributed by atoms with Crippen molar-refractivity contribution in [1.29, 1.82) is 0 Å². The van der Waals surface area contributed by atoms with Gasteiger partial charge in [0.2, 0.25) is 5.91 Å². The Bertz CT molecular complexity index is 790. The van der Waals surface area contributed by atoms with Gasteiger partial charge >= 0.3 is 0 Å².